The monoisotopic (exact) mass is 354 g/mol. The van der Waals surface area contributed by atoms with Crippen LogP contribution in [-0.4, -0.2) is 24.2 Å². The van der Waals surface area contributed by atoms with Crippen LogP contribution in [0.2, 0.25) is 0 Å². The lowest BCUT2D eigenvalue weighted by atomic mass is 9.95. The lowest BCUT2D eigenvalue weighted by Crippen LogP contribution is -2.41. The zero-order valence-corrected chi connectivity index (χ0v) is 15.1. The number of para-hydroxylation sites is 2. The lowest BCUT2D eigenvalue weighted by molar-refractivity contribution is -0.122. The molecule has 1 unspecified atom stereocenters. The Hall–Kier alpha value is -2.69. The van der Waals surface area contributed by atoms with Gasteiger partial charge < -0.3 is 20.5 Å². The molecule has 0 aromatic heterocycles. The van der Waals surface area contributed by atoms with Crippen molar-refractivity contribution in [2.24, 2.45) is 0 Å². The molecule has 0 radical (unpaired) electrons. The molecule has 5 heteroatoms. The largest absolute Gasteiger partial charge is 0.506 e. The van der Waals surface area contributed by atoms with Crippen molar-refractivity contribution < 1.29 is 14.6 Å². The van der Waals surface area contributed by atoms with Gasteiger partial charge >= 0.3 is 0 Å². The molecule has 2 aromatic carbocycles. The third-order valence-corrected chi connectivity index (χ3v) is 4.87. The Morgan fingerprint density at radius 3 is 2.42 bits per heavy atom. The lowest BCUT2D eigenvalue weighted by Gasteiger charge is -2.27. The van der Waals surface area contributed by atoms with E-state index in [9.17, 15) is 9.90 Å². The number of hydrogen-bond acceptors (Lipinski definition) is 4. The van der Waals surface area contributed by atoms with Crippen LogP contribution in [0.15, 0.2) is 48.5 Å². The second-order valence-electron chi connectivity index (χ2n) is 6.71. The molecule has 0 heterocycles. The van der Waals surface area contributed by atoms with Crippen molar-refractivity contribution in [3.05, 3.63) is 54.1 Å². The average Bonchev–Trinajstić information content (AvgIpc) is 2.68. The zero-order valence-electron chi connectivity index (χ0n) is 15.1. The number of aromatic hydroxyl groups is 1. The molecule has 1 atom stereocenters. The number of hydrogen-bond donors (Lipinski definition) is 3. The van der Waals surface area contributed by atoms with Crippen molar-refractivity contribution in [2.75, 3.05) is 12.4 Å². The standard InChI is InChI=1S/C21H26N2O3/c1-26-17-13-11-15(12-14-17)20(23-18-9-5-6-10-19(18)24)21(25)22-16-7-3-2-4-8-16/h5-6,9-14,16,20,23-24H,2-4,7-8H2,1H3,(H,22,25). The Labute approximate surface area is 154 Å². The summed E-state index contributed by atoms with van der Waals surface area (Å²) in [6.45, 7) is 0. The number of benzene rings is 2. The molecule has 1 amide bonds. The molecule has 0 aliphatic heterocycles. The van der Waals surface area contributed by atoms with E-state index in [-0.39, 0.29) is 17.7 Å². The van der Waals surface area contributed by atoms with E-state index in [0.29, 0.717) is 5.69 Å². The molecule has 1 fully saturated rings. The molecule has 5 nitrogen and oxygen atoms in total. The fourth-order valence-corrected chi connectivity index (χ4v) is 3.38. The maximum absolute atomic E-state index is 13.0. The smallest absolute Gasteiger partial charge is 0.247 e. The van der Waals surface area contributed by atoms with Gasteiger partial charge in [0.1, 0.15) is 17.5 Å². The molecule has 1 aliphatic carbocycles. The van der Waals surface area contributed by atoms with E-state index in [4.69, 9.17) is 4.74 Å². The summed E-state index contributed by atoms with van der Waals surface area (Å²) in [7, 11) is 1.61. The first-order valence-corrected chi connectivity index (χ1v) is 9.16. The highest BCUT2D eigenvalue weighted by Gasteiger charge is 2.25. The summed E-state index contributed by atoms with van der Waals surface area (Å²) in [5.41, 5.74) is 1.36. The van der Waals surface area contributed by atoms with Crippen molar-refractivity contribution in [2.45, 2.75) is 44.2 Å². The van der Waals surface area contributed by atoms with Gasteiger partial charge in [0.25, 0.3) is 0 Å². The van der Waals surface area contributed by atoms with Crippen molar-refractivity contribution in [3.63, 3.8) is 0 Å². The molecule has 26 heavy (non-hydrogen) atoms. The molecule has 1 saturated carbocycles. The Morgan fingerprint density at radius 2 is 1.77 bits per heavy atom. The van der Waals surface area contributed by atoms with Gasteiger partial charge in [-0.3, -0.25) is 4.79 Å². The zero-order chi connectivity index (χ0) is 18.4. The predicted octanol–water partition coefficient (Wildman–Crippen LogP) is 4.00. The van der Waals surface area contributed by atoms with Gasteiger partial charge in [-0.2, -0.15) is 0 Å². The van der Waals surface area contributed by atoms with Crippen molar-refractivity contribution in [1.82, 2.24) is 5.32 Å². The van der Waals surface area contributed by atoms with E-state index in [1.165, 1.54) is 6.42 Å². The molecule has 2 aromatic rings. The summed E-state index contributed by atoms with van der Waals surface area (Å²) in [6.07, 6.45) is 5.61. The topological polar surface area (TPSA) is 70.6 Å². The minimum atomic E-state index is -0.587. The SMILES string of the molecule is COc1ccc(C(Nc2ccccc2O)C(=O)NC2CCCCC2)cc1. The number of amides is 1. The summed E-state index contributed by atoms with van der Waals surface area (Å²) in [5, 5.41) is 16.4. The summed E-state index contributed by atoms with van der Waals surface area (Å²) in [5.74, 6) is 0.782. The molecule has 0 bridgehead atoms. The van der Waals surface area contributed by atoms with Crippen LogP contribution in [0, 0.1) is 0 Å². The first-order chi connectivity index (χ1) is 12.7. The van der Waals surface area contributed by atoms with E-state index in [1.807, 2.05) is 30.3 Å². The fourth-order valence-electron chi connectivity index (χ4n) is 3.38. The highest BCUT2D eigenvalue weighted by atomic mass is 16.5. The number of nitrogens with one attached hydrogen (secondary N) is 2. The number of ether oxygens (including phenoxy) is 1. The molecule has 138 valence electrons. The molecular formula is C21H26N2O3. The Morgan fingerprint density at radius 1 is 1.08 bits per heavy atom. The average molecular weight is 354 g/mol. The van der Waals surface area contributed by atoms with E-state index in [1.54, 1.807) is 25.3 Å². The van der Waals surface area contributed by atoms with Gasteiger partial charge in [0.05, 0.1) is 12.8 Å². The van der Waals surface area contributed by atoms with Crippen LogP contribution < -0.4 is 15.4 Å². The molecule has 3 rings (SSSR count). The first-order valence-electron chi connectivity index (χ1n) is 9.16. The van der Waals surface area contributed by atoms with Crippen LogP contribution in [0.5, 0.6) is 11.5 Å². The molecular weight excluding hydrogens is 328 g/mol. The van der Waals surface area contributed by atoms with Gasteiger partial charge in [-0.15, -0.1) is 0 Å². The summed E-state index contributed by atoms with van der Waals surface area (Å²) in [6, 6.07) is 14.0. The predicted molar refractivity (Wildman–Crippen MR) is 102 cm³/mol. The second kappa shape index (κ2) is 8.61. The number of carbonyl (C=O) groups is 1. The normalized spacial score (nSPS) is 15.9. The van der Waals surface area contributed by atoms with Gasteiger partial charge in [-0.1, -0.05) is 43.5 Å². The maximum atomic E-state index is 13.0. The Balaban J connectivity index is 1.82. The third-order valence-electron chi connectivity index (χ3n) is 4.87. The molecule has 0 spiro atoms. The van der Waals surface area contributed by atoms with Gasteiger partial charge in [-0.05, 0) is 42.7 Å². The number of phenols is 1. The van der Waals surface area contributed by atoms with E-state index in [0.717, 1.165) is 37.0 Å². The van der Waals surface area contributed by atoms with Crippen molar-refractivity contribution in [1.29, 1.82) is 0 Å². The van der Waals surface area contributed by atoms with Gasteiger partial charge in [0.15, 0.2) is 0 Å². The number of methoxy groups -OCH3 is 1. The fraction of sp³-hybridized carbons (Fsp3) is 0.381. The van der Waals surface area contributed by atoms with Crippen LogP contribution in [0.4, 0.5) is 5.69 Å². The highest BCUT2D eigenvalue weighted by molar-refractivity contribution is 5.86. The second-order valence-corrected chi connectivity index (χ2v) is 6.71. The number of phenolic OH excluding ortho intramolecular Hbond substituents is 1. The third kappa shape index (κ3) is 4.48. The highest BCUT2D eigenvalue weighted by Crippen LogP contribution is 2.28. The van der Waals surface area contributed by atoms with Crippen LogP contribution >= 0.6 is 0 Å². The summed E-state index contributed by atoms with van der Waals surface area (Å²) >= 11 is 0. The Kier molecular flexibility index (Phi) is 6.00. The number of anilines is 1. The van der Waals surface area contributed by atoms with Crippen molar-refractivity contribution >= 4 is 11.6 Å². The van der Waals surface area contributed by atoms with Gasteiger partial charge in [0, 0.05) is 6.04 Å². The minimum Gasteiger partial charge on any atom is -0.506 e. The van der Waals surface area contributed by atoms with Crippen molar-refractivity contribution in [3.8, 4) is 11.5 Å². The molecule has 0 saturated heterocycles. The van der Waals surface area contributed by atoms with Gasteiger partial charge in [-0.25, -0.2) is 0 Å². The van der Waals surface area contributed by atoms with E-state index in [2.05, 4.69) is 10.6 Å². The summed E-state index contributed by atoms with van der Waals surface area (Å²) in [4.78, 5) is 13.0. The van der Waals surface area contributed by atoms with Crippen LogP contribution in [-0.2, 0) is 4.79 Å². The van der Waals surface area contributed by atoms with E-state index < -0.39 is 6.04 Å². The minimum absolute atomic E-state index is 0.0784. The number of carbonyl (C=O) groups excluding carboxylic acids is 1. The van der Waals surface area contributed by atoms with E-state index >= 15 is 0 Å². The first kappa shape index (κ1) is 18.1. The van der Waals surface area contributed by atoms with Crippen LogP contribution in [0.3, 0.4) is 0 Å². The molecule has 3 N–H and O–H groups in total. The van der Waals surface area contributed by atoms with Crippen LogP contribution in [0.1, 0.15) is 43.7 Å². The van der Waals surface area contributed by atoms with Gasteiger partial charge in [0.2, 0.25) is 5.91 Å². The maximum Gasteiger partial charge on any atom is 0.247 e. The summed E-state index contributed by atoms with van der Waals surface area (Å²) < 4.78 is 5.21. The number of rotatable bonds is 6. The molecule has 1 aliphatic rings. The quantitative estimate of drug-likeness (QED) is 0.686. The van der Waals surface area contributed by atoms with Crippen LogP contribution in [0.25, 0.3) is 0 Å². The Bertz CT molecular complexity index is 724.